The molecule has 0 aliphatic carbocycles. The lowest BCUT2D eigenvalue weighted by molar-refractivity contribution is 0.0622. The molecule has 0 spiro atoms. The van der Waals surface area contributed by atoms with Gasteiger partial charge >= 0.3 is 0 Å². The molecular formula is C16H26O2. The van der Waals surface area contributed by atoms with E-state index in [0.717, 1.165) is 18.6 Å². The number of ether oxygens (including phenoxy) is 1. The summed E-state index contributed by atoms with van der Waals surface area (Å²) in [5.74, 6) is 1.71. The van der Waals surface area contributed by atoms with E-state index < -0.39 is 0 Å². The first-order chi connectivity index (χ1) is 8.58. The van der Waals surface area contributed by atoms with Crippen molar-refractivity contribution >= 4 is 0 Å². The van der Waals surface area contributed by atoms with Crippen molar-refractivity contribution in [2.75, 3.05) is 6.61 Å². The molecule has 1 aromatic carbocycles. The number of hydrogen-bond donors (Lipinski definition) is 1. The van der Waals surface area contributed by atoms with Crippen molar-refractivity contribution in [1.82, 2.24) is 0 Å². The van der Waals surface area contributed by atoms with Crippen molar-refractivity contribution in [1.29, 1.82) is 0 Å². The maximum absolute atomic E-state index is 9.83. The molecule has 0 aliphatic rings. The Morgan fingerprint density at radius 3 is 2.17 bits per heavy atom. The third kappa shape index (κ3) is 4.34. The third-order valence-electron chi connectivity index (χ3n) is 3.78. The van der Waals surface area contributed by atoms with Crippen LogP contribution in [0.5, 0.6) is 5.75 Å². The first-order valence-electron chi connectivity index (χ1n) is 6.99. The smallest absolute Gasteiger partial charge is 0.119 e. The third-order valence-corrected chi connectivity index (χ3v) is 3.78. The van der Waals surface area contributed by atoms with Crippen molar-refractivity contribution in [2.45, 2.75) is 52.6 Å². The Bertz CT molecular complexity index is 331. The van der Waals surface area contributed by atoms with Crippen molar-refractivity contribution in [3.8, 4) is 5.75 Å². The van der Waals surface area contributed by atoms with Crippen LogP contribution in [0.4, 0.5) is 0 Å². The first kappa shape index (κ1) is 15.0. The summed E-state index contributed by atoms with van der Waals surface area (Å²) in [5.41, 5.74) is 1.34. The van der Waals surface area contributed by atoms with E-state index in [-0.39, 0.29) is 12.0 Å². The largest absolute Gasteiger partial charge is 0.491 e. The second-order valence-corrected chi connectivity index (χ2v) is 5.14. The van der Waals surface area contributed by atoms with Crippen LogP contribution in [-0.2, 0) is 0 Å². The van der Waals surface area contributed by atoms with Gasteiger partial charge in [0.1, 0.15) is 12.4 Å². The molecule has 3 unspecified atom stereocenters. The number of aliphatic hydroxyl groups is 1. The Morgan fingerprint density at radius 2 is 1.67 bits per heavy atom. The van der Waals surface area contributed by atoms with Gasteiger partial charge in [-0.1, -0.05) is 46.2 Å². The standard InChI is InChI=1S/C16H26O2/c1-5-12(3)14-7-9-15(10-8-14)18-11-16(17)13(4)6-2/h7-10,12-13,16-17H,5-6,11H2,1-4H3. The highest BCUT2D eigenvalue weighted by molar-refractivity contribution is 5.29. The molecule has 0 amide bonds. The normalized spacial score (nSPS) is 16.1. The highest BCUT2D eigenvalue weighted by Crippen LogP contribution is 2.21. The first-order valence-corrected chi connectivity index (χ1v) is 6.99. The van der Waals surface area contributed by atoms with E-state index in [0.29, 0.717) is 12.5 Å². The molecule has 0 aromatic heterocycles. The Hall–Kier alpha value is -1.02. The molecule has 0 fully saturated rings. The lowest BCUT2D eigenvalue weighted by atomic mass is 9.99. The number of rotatable bonds is 7. The second kappa shape index (κ2) is 7.42. The molecule has 3 atom stereocenters. The SMILES string of the molecule is CCC(C)c1ccc(OCC(O)C(C)CC)cc1. The van der Waals surface area contributed by atoms with E-state index in [1.807, 2.05) is 19.1 Å². The molecule has 102 valence electrons. The number of benzene rings is 1. The minimum atomic E-state index is -0.385. The average Bonchev–Trinajstić information content (AvgIpc) is 2.43. The summed E-state index contributed by atoms with van der Waals surface area (Å²) < 4.78 is 5.61. The highest BCUT2D eigenvalue weighted by atomic mass is 16.5. The van der Waals surface area contributed by atoms with E-state index in [1.54, 1.807) is 0 Å². The lowest BCUT2D eigenvalue weighted by Gasteiger charge is -2.18. The predicted molar refractivity (Wildman–Crippen MR) is 76.1 cm³/mol. The van der Waals surface area contributed by atoms with Gasteiger partial charge in [0, 0.05) is 0 Å². The van der Waals surface area contributed by atoms with E-state index >= 15 is 0 Å². The Balaban J connectivity index is 2.49. The molecule has 1 rings (SSSR count). The van der Waals surface area contributed by atoms with Crippen LogP contribution < -0.4 is 4.74 Å². The Morgan fingerprint density at radius 1 is 1.06 bits per heavy atom. The maximum atomic E-state index is 9.83. The van der Waals surface area contributed by atoms with E-state index in [1.165, 1.54) is 5.56 Å². The molecule has 0 bridgehead atoms. The van der Waals surface area contributed by atoms with Crippen LogP contribution in [0.25, 0.3) is 0 Å². The number of aliphatic hydroxyl groups excluding tert-OH is 1. The Labute approximate surface area is 111 Å². The van der Waals surface area contributed by atoms with Gasteiger partial charge in [-0.3, -0.25) is 0 Å². The summed E-state index contributed by atoms with van der Waals surface area (Å²) in [6.45, 7) is 8.91. The monoisotopic (exact) mass is 250 g/mol. The van der Waals surface area contributed by atoms with E-state index in [9.17, 15) is 5.11 Å². The van der Waals surface area contributed by atoms with Crippen molar-refractivity contribution in [3.05, 3.63) is 29.8 Å². The fourth-order valence-corrected chi connectivity index (χ4v) is 1.75. The predicted octanol–water partition coefficient (Wildman–Crippen LogP) is 3.99. The summed E-state index contributed by atoms with van der Waals surface area (Å²) >= 11 is 0. The molecule has 0 saturated heterocycles. The summed E-state index contributed by atoms with van der Waals surface area (Å²) in [4.78, 5) is 0. The van der Waals surface area contributed by atoms with Crippen LogP contribution in [0.15, 0.2) is 24.3 Å². The van der Waals surface area contributed by atoms with Crippen LogP contribution in [0.2, 0.25) is 0 Å². The fraction of sp³-hybridized carbons (Fsp3) is 0.625. The van der Waals surface area contributed by atoms with Crippen LogP contribution in [0.3, 0.4) is 0 Å². The van der Waals surface area contributed by atoms with Crippen molar-refractivity contribution in [3.63, 3.8) is 0 Å². The van der Waals surface area contributed by atoms with Gasteiger partial charge in [-0.05, 0) is 36.0 Å². The molecule has 1 aromatic rings. The second-order valence-electron chi connectivity index (χ2n) is 5.14. The van der Waals surface area contributed by atoms with Crippen LogP contribution in [0.1, 0.15) is 52.0 Å². The van der Waals surface area contributed by atoms with Crippen molar-refractivity contribution < 1.29 is 9.84 Å². The summed E-state index contributed by atoms with van der Waals surface area (Å²) in [6.07, 6.45) is 1.73. The van der Waals surface area contributed by atoms with Gasteiger partial charge in [0.05, 0.1) is 6.10 Å². The molecule has 0 saturated carbocycles. The summed E-state index contributed by atoms with van der Waals surface area (Å²) in [7, 11) is 0. The maximum Gasteiger partial charge on any atom is 0.119 e. The van der Waals surface area contributed by atoms with Crippen LogP contribution in [-0.4, -0.2) is 17.8 Å². The van der Waals surface area contributed by atoms with E-state index in [4.69, 9.17) is 4.74 Å². The van der Waals surface area contributed by atoms with Gasteiger partial charge in [-0.25, -0.2) is 0 Å². The fourth-order valence-electron chi connectivity index (χ4n) is 1.75. The molecular weight excluding hydrogens is 224 g/mol. The van der Waals surface area contributed by atoms with Crippen molar-refractivity contribution in [2.24, 2.45) is 5.92 Å². The van der Waals surface area contributed by atoms with Gasteiger partial charge in [-0.2, -0.15) is 0 Å². The molecule has 18 heavy (non-hydrogen) atoms. The van der Waals surface area contributed by atoms with Gasteiger partial charge in [0.2, 0.25) is 0 Å². The zero-order valence-corrected chi connectivity index (χ0v) is 12.0. The quantitative estimate of drug-likeness (QED) is 0.793. The van der Waals surface area contributed by atoms with E-state index in [2.05, 4.69) is 32.9 Å². The zero-order valence-electron chi connectivity index (χ0n) is 12.0. The van der Waals surface area contributed by atoms with Crippen LogP contribution in [0, 0.1) is 5.92 Å². The summed E-state index contributed by atoms with van der Waals surface area (Å²) in [6, 6.07) is 8.20. The summed E-state index contributed by atoms with van der Waals surface area (Å²) in [5, 5.41) is 9.83. The number of hydrogen-bond acceptors (Lipinski definition) is 2. The molecule has 0 radical (unpaired) electrons. The van der Waals surface area contributed by atoms with Gasteiger partial charge in [0.25, 0.3) is 0 Å². The van der Waals surface area contributed by atoms with Crippen LogP contribution >= 0.6 is 0 Å². The molecule has 0 heterocycles. The Kier molecular flexibility index (Phi) is 6.20. The topological polar surface area (TPSA) is 29.5 Å². The van der Waals surface area contributed by atoms with Gasteiger partial charge in [-0.15, -0.1) is 0 Å². The molecule has 0 aliphatic heterocycles. The lowest BCUT2D eigenvalue weighted by Crippen LogP contribution is -2.24. The average molecular weight is 250 g/mol. The molecule has 2 nitrogen and oxygen atoms in total. The molecule has 1 N–H and O–H groups in total. The van der Waals surface area contributed by atoms with Gasteiger partial charge < -0.3 is 9.84 Å². The zero-order chi connectivity index (χ0) is 13.5. The molecule has 2 heteroatoms. The van der Waals surface area contributed by atoms with Gasteiger partial charge in [0.15, 0.2) is 0 Å². The highest BCUT2D eigenvalue weighted by Gasteiger charge is 2.12. The minimum absolute atomic E-state index is 0.282. The minimum Gasteiger partial charge on any atom is -0.491 e.